The Balaban J connectivity index is 1.45. The van der Waals surface area contributed by atoms with Gasteiger partial charge in [0.1, 0.15) is 0 Å². The highest BCUT2D eigenvalue weighted by atomic mass is 32.1. The second-order valence-electron chi connectivity index (χ2n) is 8.42. The zero-order valence-corrected chi connectivity index (χ0v) is 14.2. The first-order valence-electron chi connectivity index (χ1n) is 9.02. The van der Waals surface area contributed by atoms with E-state index in [1.165, 1.54) is 49.0 Å². The van der Waals surface area contributed by atoms with E-state index in [4.69, 9.17) is 0 Å². The maximum Gasteiger partial charge on any atom is 0.229 e. The Morgan fingerprint density at radius 3 is 2.45 bits per heavy atom. The van der Waals surface area contributed by atoms with Crippen molar-refractivity contribution in [3.8, 4) is 0 Å². The number of rotatable bonds is 1. The van der Waals surface area contributed by atoms with Crippen molar-refractivity contribution in [2.24, 2.45) is 23.2 Å². The molecule has 4 aliphatic carbocycles. The lowest BCUT2D eigenvalue weighted by Gasteiger charge is -2.57. The Labute approximate surface area is 136 Å². The number of amides is 1. The number of hydrogen-bond acceptors (Lipinski definition) is 2. The standard InChI is InChI=1S/C19H25NOS/c1-12-16-3-5-22-17(16)2-4-20(12)18(21)19-9-13-6-14(10-19)8-15(7-13)11-19/h3,5,12-15H,2,4,6-11H2,1H3. The SMILES string of the molecule is CC1c2ccsc2CCN1C(=O)C12CC3CC(CC(C3)C1)C2. The van der Waals surface area contributed by atoms with Gasteiger partial charge in [-0.05, 0) is 86.6 Å². The molecule has 0 radical (unpaired) electrons. The number of nitrogens with zero attached hydrogens (tertiary/aromatic N) is 1. The first-order chi connectivity index (χ1) is 10.6. The predicted octanol–water partition coefficient (Wildman–Crippen LogP) is 4.41. The maximum atomic E-state index is 13.5. The second-order valence-corrected chi connectivity index (χ2v) is 9.42. The number of carbonyl (C=O) groups excluding carboxylic acids is 1. The van der Waals surface area contributed by atoms with Crippen LogP contribution in [-0.4, -0.2) is 17.4 Å². The highest BCUT2D eigenvalue weighted by molar-refractivity contribution is 7.10. The summed E-state index contributed by atoms with van der Waals surface area (Å²) in [5.41, 5.74) is 1.44. The molecule has 1 aliphatic heterocycles. The maximum absolute atomic E-state index is 13.5. The van der Waals surface area contributed by atoms with Crippen LogP contribution in [0.5, 0.6) is 0 Å². The lowest BCUT2D eigenvalue weighted by Crippen LogP contribution is -2.55. The Morgan fingerprint density at radius 1 is 1.18 bits per heavy atom. The van der Waals surface area contributed by atoms with E-state index in [1.807, 2.05) is 11.3 Å². The molecule has 2 nitrogen and oxygen atoms in total. The summed E-state index contributed by atoms with van der Waals surface area (Å²) in [7, 11) is 0. The molecule has 1 unspecified atom stereocenters. The average Bonchev–Trinajstić information content (AvgIpc) is 2.95. The quantitative estimate of drug-likeness (QED) is 0.751. The summed E-state index contributed by atoms with van der Waals surface area (Å²) in [6.45, 7) is 3.18. The third kappa shape index (κ3) is 1.81. The first kappa shape index (κ1) is 13.6. The van der Waals surface area contributed by atoms with Crippen LogP contribution in [0.25, 0.3) is 0 Å². The third-order valence-electron chi connectivity index (χ3n) is 7.03. The molecule has 4 fully saturated rings. The van der Waals surface area contributed by atoms with Crippen molar-refractivity contribution in [2.75, 3.05) is 6.54 Å². The van der Waals surface area contributed by atoms with Crippen molar-refractivity contribution < 1.29 is 4.79 Å². The fourth-order valence-corrected chi connectivity index (χ4v) is 7.43. The Morgan fingerprint density at radius 2 is 1.82 bits per heavy atom. The molecule has 5 aliphatic rings. The van der Waals surface area contributed by atoms with Crippen molar-refractivity contribution in [1.29, 1.82) is 0 Å². The molecule has 118 valence electrons. The van der Waals surface area contributed by atoms with Crippen LogP contribution in [0.15, 0.2) is 11.4 Å². The normalized spacial score (nSPS) is 42.5. The van der Waals surface area contributed by atoms with Crippen LogP contribution in [-0.2, 0) is 11.2 Å². The molecule has 1 aromatic heterocycles. The van der Waals surface area contributed by atoms with Gasteiger partial charge in [0, 0.05) is 11.4 Å². The van der Waals surface area contributed by atoms with Crippen LogP contribution in [0.1, 0.15) is 61.9 Å². The number of thiophene rings is 1. The van der Waals surface area contributed by atoms with Crippen LogP contribution in [0.3, 0.4) is 0 Å². The zero-order chi connectivity index (χ0) is 14.9. The van der Waals surface area contributed by atoms with E-state index in [2.05, 4.69) is 23.3 Å². The number of hydrogen-bond donors (Lipinski definition) is 0. The molecule has 4 bridgehead atoms. The van der Waals surface area contributed by atoms with Crippen molar-refractivity contribution in [2.45, 2.75) is 57.9 Å². The van der Waals surface area contributed by atoms with E-state index in [1.54, 1.807) is 0 Å². The minimum Gasteiger partial charge on any atom is -0.335 e. The number of fused-ring (bicyclic) bond motifs is 1. The van der Waals surface area contributed by atoms with Crippen molar-refractivity contribution in [3.05, 3.63) is 21.9 Å². The summed E-state index contributed by atoms with van der Waals surface area (Å²) in [6.07, 6.45) is 8.88. The van der Waals surface area contributed by atoms with Crippen LogP contribution in [0.4, 0.5) is 0 Å². The molecule has 1 amide bonds. The highest BCUT2D eigenvalue weighted by Crippen LogP contribution is 2.61. The average molecular weight is 315 g/mol. The van der Waals surface area contributed by atoms with Gasteiger partial charge >= 0.3 is 0 Å². The first-order valence-corrected chi connectivity index (χ1v) is 9.90. The van der Waals surface area contributed by atoms with E-state index >= 15 is 0 Å². The molecule has 6 rings (SSSR count). The van der Waals surface area contributed by atoms with Gasteiger partial charge < -0.3 is 4.90 Å². The molecular weight excluding hydrogens is 290 g/mol. The predicted molar refractivity (Wildman–Crippen MR) is 88.8 cm³/mol. The molecule has 22 heavy (non-hydrogen) atoms. The lowest BCUT2D eigenvalue weighted by atomic mass is 9.49. The molecule has 0 saturated heterocycles. The molecule has 3 heteroatoms. The zero-order valence-electron chi connectivity index (χ0n) is 13.4. The molecule has 4 saturated carbocycles. The molecule has 0 N–H and O–H groups in total. The molecule has 0 aromatic carbocycles. The molecular formula is C19H25NOS. The summed E-state index contributed by atoms with van der Waals surface area (Å²) in [5.74, 6) is 3.07. The summed E-state index contributed by atoms with van der Waals surface area (Å²) in [4.78, 5) is 17.3. The van der Waals surface area contributed by atoms with Crippen LogP contribution < -0.4 is 0 Å². The summed E-state index contributed by atoms with van der Waals surface area (Å²) < 4.78 is 0. The van der Waals surface area contributed by atoms with Gasteiger partial charge in [0.15, 0.2) is 0 Å². The largest absolute Gasteiger partial charge is 0.335 e. The van der Waals surface area contributed by atoms with Gasteiger partial charge in [0.2, 0.25) is 5.91 Å². The van der Waals surface area contributed by atoms with Gasteiger partial charge in [-0.2, -0.15) is 0 Å². The van der Waals surface area contributed by atoms with Gasteiger partial charge in [0.05, 0.1) is 11.5 Å². The molecule has 1 aromatic rings. The van der Waals surface area contributed by atoms with Crippen LogP contribution in [0.2, 0.25) is 0 Å². The highest BCUT2D eigenvalue weighted by Gasteiger charge is 2.56. The van der Waals surface area contributed by atoms with Gasteiger partial charge in [-0.25, -0.2) is 0 Å². The lowest BCUT2D eigenvalue weighted by molar-refractivity contribution is -0.160. The van der Waals surface area contributed by atoms with E-state index in [9.17, 15) is 4.79 Å². The second kappa shape index (κ2) is 4.59. The summed E-state index contributed by atoms with van der Waals surface area (Å²) in [6, 6.07) is 2.53. The van der Waals surface area contributed by atoms with E-state index < -0.39 is 0 Å². The van der Waals surface area contributed by atoms with E-state index in [0.29, 0.717) is 5.91 Å². The van der Waals surface area contributed by atoms with E-state index in [-0.39, 0.29) is 11.5 Å². The van der Waals surface area contributed by atoms with Crippen molar-refractivity contribution in [1.82, 2.24) is 4.90 Å². The van der Waals surface area contributed by atoms with Crippen molar-refractivity contribution in [3.63, 3.8) is 0 Å². The topological polar surface area (TPSA) is 20.3 Å². The van der Waals surface area contributed by atoms with Gasteiger partial charge in [-0.15, -0.1) is 11.3 Å². The van der Waals surface area contributed by atoms with Gasteiger partial charge in [-0.3, -0.25) is 4.79 Å². The summed E-state index contributed by atoms with van der Waals surface area (Å²) >= 11 is 1.86. The monoisotopic (exact) mass is 315 g/mol. The molecule has 1 atom stereocenters. The third-order valence-corrected chi connectivity index (χ3v) is 8.03. The molecule has 0 spiro atoms. The summed E-state index contributed by atoms with van der Waals surface area (Å²) in [5, 5.41) is 2.19. The van der Waals surface area contributed by atoms with Gasteiger partial charge in [0.25, 0.3) is 0 Å². The fourth-order valence-electron chi connectivity index (χ4n) is 6.46. The molecule has 2 heterocycles. The minimum absolute atomic E-state index is 0.0243. The fraction of sp³-hybridized carbons (Fsp3) is 0.737. The van der Waals surface area contributed by atoms with Gasteiger partial charge in [-0.1, -0.05) is 0 Å². The van der Waals surface area contributed by atoms with Crippen molar-refractivity contribution >= 4 is 17.2 Å². The van der Waals surface area contributed by atoms with Crippen LogP contribution >= 0.6 is 11.3 Å². The Kier molecular flexibility index (Phi) is 2.84. The Bertz CT molecular complexity index is 583. The van der Waals surface area contributed by atoms with E-state index in [0.717, 1.165) is 30.7 Å². The number of carbonyl (C=O) groups is 1. The minimum atomic E-state index is 0.0243. The Hall–Kier alpha value is -0.830. The van der Waals surface area contributed by atoms with Crippen LogP contribution in [0, 0.1) is 23.2 Å². The smallest absolute Gasteiger partial charge is 0.229 e.